The number of hydrogen-bond acceptors (Lipinski definition) is 3. The van der Waals surface area contributed by atoms with E-state index in [0.717, 1.165) is 0 Å². The summed E-state index contributed by atoms with van der Waals surface area (Å²) in [6.45, 7) is 4.45. The predicted octanol–water partition coefficient (Wildman–Crippen LogP) is 4.17. The number of nitrogens with one attached hydrogen (secondary N) is 1. The molecular weight excluding hydrogens is 325 g/mol. The fourth-order valence-corrected chi connectivity index (χ4v) is 1.52. The van der Waals surface area contributed by atoms with Crippen LogP contribution in [0, 0.1) is 0 Å². The third-order valence-corrected chi connectivity index (χ3v) is 2.42. The molecule has 0 aliphatic carbocycles. The molecule has 0 spiro atoms. The highest BCUT2D eigenvalue weighted by Gasteiger charge is 2.60. The van der Waals surface area contributed by atoms with Crippen molar-refractivity contribution < 1.29 is 38.9 Å². The van der Waals surface area contributed by atoms with E-state index in [2.05, 4.69) is 0 Å². The molecule has 2 N–H and O–H groups in total. The van der Waals surface area contributed by atoms with Crippen LogP contribution in [0.3, 0.4) is 0 Å². The van der Waals surface area contributed by atoms with Gasteiger partial charge in [0.15, 0.2) is 0 Å². The van der Waals surface area contributed by atoms with Crippen molar-refractivity contribution in [3.63, 3.8) is 0 Å². The van der Waals surface area contributed by atoms with Crippen LogP contribution in [-0.2, 0) is 9.53 Å². The number of alkyl carbamates (subject to hydrolysis) is 1. The summed E-state index contributed by atoms with van der Waals surface area (Å²) < 4.78 is 64.7. The number of halogens is 5. The number of hydrogen-bond donors (Lipinski definition) is 2. The molecule has 1 unspecified atom stereocenters. The first-order chi connectivity index (χ1) is 8.88. The number of carbonyl (C=O) groups excluding carboxylic acids is 1. The molecule has 0 aliphatic heterocycles. The molecule has 1 amide bonds. The second-order valence-corrected chi connectivity index (χ2v) is 7.50. The van der Waals surface area contributed by atoms with Gasteiger partial charge in [-0.2, -0.15) is 0 Å². The van der Waals surface area contributed by atoms with E-state index in [4.69, 9.17) is 9.84 Å². The van der Waals surface area contributed by atoms with Gasteiger partial charge < -0.3 is 15.2 Å². The Balaban J connectivity index is 4.80. The summed E-state index contributed by atoms with van der Waals surface area (Å²) in [6, 6.07) is -1.82. The molecule has 0 aromatic carbocycles. The molecule has 0 aliphatic rings. The van der Waals surface area contributed by atoms with Crippen molar-refractivity contribution in [1.82, 2.24) is 5.32 Å². The van der Waals surface area contributed by atoms with Crippen molar-refractivity contribution >= 4 is 22.3 Å². The smallest absolute Gasteiger partial charge is 0.408 e. The van der Waals surface area contributed by atoms with Crippen LogP contribution in [0.5, 0.6) is 0 Å². The maximum absolute atomic E-state index is 12.0. The Morgan fingerprint density at radius 1 is 1.24 bits per heavy atom. The molecule has 0 radical (unpaired) electrons. The summed E-state index contributed by atoms with van der Waals surface area (Å²) in [7, 11) is -9.75. The molecule has 0 rings (SSSR count). The van der Waals surface area contributed by atoms with Gasteiger partial charge in [0.2, 0.25) is 0 Å². The zero-order valence-electron chi connectivity index (χ0n) is 11.4. The van der Waals surface area contributed by atoms with E-state index >= 15 is 0 Å². The Morgan fingerprint density at radius 2 is 1.71 bits per heavy atom. The lowest BCUT2D eigenvalue weighted by Crippen LogP contribution is -2.43. The van der Waals surface area contributed by atoms with Crippen molar-refractivity contribution in [1.29, 1.82) is 0 Å². The predicted molar refractivity (Wildman–Crippen MR) is 67.7 cm³/mol. The van der Waals surface area contributed by atoms with E-state index in [1.807, 2.05) is 0 Å². The Bertz CT molecular complexity index is 454. The number of aliphatic carboxylic acids is 1. The average molecular weight is 341 g/mol. The molecule has 11 heteroatoms. The van der Waals surface area contributed by atoms with Crippen LogP contribution in [0.25, 0.3) is 0 Å². The maximum atomic E-state index is 12.0. The van der Waals surface area contributed by atoms with Crippen molar-refractivity contribution in [2.45, 2.75) is 38.8 Å². The van der Waals surface area contributed by atoms with Gasteiger partial charge >= 0.3 is 22.3 Å². The maximum Gasteiger partial charge on any atom is 0.408 e. The summed E-state index contributed by atoms with van der Waals surface area (Å²) in [4.78, 5) is 22.0. The van der Waals surface area contributed by atoms with Crippen molar-refractivity contribution in [3.05, 3.63) is 11.5 Å². The van der Waals surface area contributed by atoms with Gasteiger partial charge in [-0.05, 0) is 27.2 Å². The number of carboxylic acids is 1. The monoisotopic (exact) mass is 341 g/mol. The lowest BCUT2D eigenvalue weighted by molar-refractivity contribution is -0.139. The molecule has 1 atom stereocenters. The molecular formula is C10H16F5NO4S. The van der Waals surface area contributed by atoms with E-state index in [-0.39, 0.29) is 6.08 Å². The molecule has 126 valence electrons. The number of rotatable bonds is 5. The van der Waals surface area contributed by atoms with E-state index in [0.29, 0.717) is 0 Å². The molecule has 0 fully saturated rings. The zero-order chi connectivity index (χ0) is 17.2. The number of ether oxygens (including phenoxy) is 1. The molecule has 0 heterocycles. The van der Waals surface area contributed by atoms with Crippen molar-refractivity contribution in [2.24, 2.45) is 0 Å². The average Bonchev–Trinajstić information content (AvgIpc) is 2.08. The minimum atomic E-state index is -9.75. The third-order valence-electron chi connectivity index (χ3n) is 1.71. The lowest BCUT2D eigenvalue weighted by atomic mass is 10.2. The highest BCUT2D eigenvalue weighted by atomic mass is 32.5. The summed E-state index contributed by atoms with van der Waals surface area (Å²) in [5.74, 6) is -1.69. The van der Waals surface area contributed by atoms with Crippen LogP contribution in [0.15, 0.2) is 11.5 Å². The standard InChI is InChI=1S/C10H16F5NO4S/c1-10(2,3)20-9(19)16-7(8(17)18)5-4-6-21(11,12,13,14)15/h4,6-7H,5H2,1-3H3,(H,16,19)(H,17,18)/b6-4+. The Hall–Kier alpha value is -1.52. The lowest BCUT2D eigenvalue weighted by Gasteiger charge is -2.36. The van der Waals surface area contributed by atoms with Crippen molar-refractivity contribution in [3.8, 4) is 0 Å². The Labute approximate surface area is 117 Å². The summed E-state index contributed by atoms with van der Waals surface area (Å²) in [6.07, 6.45) is -2.20. The topological polar surface area (TPSA) is 75.6 Å². The first-order valence-electron chi connectivity index (χ1n) is 5.52. The second kappa shape index (κ2) is 5.04. The summed E-state index contributed by atoms with van der Waals surface area (Å²) in [5.41, 5.74) is -0.952. The second-order valence-electron chi connectivity index (χ2n) is 5.17. The Morgan fingerprint density at radius 3 is 2.05 bits per heavy atom. The van der Waals surface area contributed by atoms with Crippen LogP contribution >= 0.6 is 10.2 Å². The SMILES string of the molecule is CC(C)(C)OC(=O)NC(C/C=C/S(F)(F)(F)(F)F)C(=O)O. The minimum Gasteiger partial charge on any atom is -0.480 e. The van der Waals surface area contributed by atoms with Crippen LogP contribution < -0.4 is 5.32 Å². The van der Waals surface area contributed by atoms with E-state index in [1.165, 1.54) is 20.8 Å². The van der Waals surface area contributed by atoms with Gasteiger partial charge in [0.05, 0.1) is 5.41 Å². The van der Waals surface area contributed by atoms with Gasteiger partial charge in [-0.15, -0.1) is 0 Å². The van der Waals surface area contributed by atoms with Gasteiger partial charge in [0.25, 0.3) is 0 Å². The van der Waals surface area contributed by atoms with Gasteiger partial charge in [-0.25, -0.2) is 9.59 Å². The number of carboxylic acid groups (broad SMARTS) is 1. The van der Waals surface area contributed by atoms with Gasteiger partial charge in [0, 0.05) is 0 Å². The molecule has 0 aromatic heterocycles. The molecule has 0 aromatic rings. The van der Waals surface area contributed by atoms with Crippen LogP contribution in [0.2, 0.25) is 0 Å². The van der Waals surface area contributed by atoms with E-state index < -0.39 is 45.8 Å². The minimum absolute atomic E-state index is 0.0439. The first kappa shape index (κ1) is 19.5. The highest BCUT2D eigenvalue weighted by Crippen LogP contribution is 2.98. The van der Waals surface area contributed by atoms with E-state index in [9.17, 15) is 29.0 Å². The van der Waals surface area contributed by atoms with Crippen molar-refractivity contribution in [2.75, 3.05) is 0 Å². The molecule has 0 saturated carbocycles. The molecule has 5 nitrogen and oxygen atoms in total. The van der Waals surface area contributed by atoms with Gasteiger partial charge in [-0.1, -0.05) is 25.5 Å². The normalized spacial score (nSPS) is 17.7. The third kappa shape index (κ3) is 12.0. The largest absolute Gasteiger partial charge is 0.480 e. The quantitative estimate of drug-likeness (QED) is 0.736. The van der Waals surface area contributed by atoms with Crippen LogP contribution in [0.4, 0.5) is 24.2 Å². The van der Waals surface area contributed by atoms with Crippen LogP contribution in [-0.4, -0.2) is 28.8 Å². The summed E-state index contributed by atoms with van der Waals surface area (Å²) in [5, 5.41) is 9.23. The van der Waals surface area contributed by atoms with E-state index in [1.54, 1.807) is 5.32 Å². The highest BCUT2D eigenvalue weighted by molar-refractivity contribution is 8.48. The molecule has 21 heavy (non-hydrogen) atoms. The van der Waals surface area contributed by atoms with Gasteiger partial charge in [-0.3, -0.25) is 0 Å². The summed E-state index contributed by atoms with van der Waals surface area (Å²) >= 11 is 0. The molecule has 0 saturated heterocycles. The Kier molecular flexibility index (Phi) is 4.67. The fourth-order valence-electron chi connectivity index (χ4n) is 1.04. The number of amides is 1. The molecule has 0 bridgehead atoms. The zero-order valence-corrected chi connectivity index (χ0v) is 12.2. The first-order valence-corrected chi connectivity index (χ1v) is 7.54. The fraction of sp³-hybridized carbons (Fsp3) is 0.600. The van der Waals surface area contributed by atoms with Gasteiger partial charge in [0.1, 0.15) is 11.6 Å². The number of carbonyl (C=O) groups is 2. The van der Waals surface area contributed by atoms with Crippen LogP contribution in [0.1, 0.15) is 27.2 Å².